The van der Waals surface area contributed by atoms with E-state index in [2.05, 4.69) is 11.4 Å². The van der Waals surface area contributed by atoms with Crippen LogP contribution in [0.1, 0.15) is 5.56 Å². The summed E-state index contributed by atoms with van der Waals surface area (Å²) in [5, 5.41) is 14.5. The van der Waals surface area contributed by atoms with E-state index in [1.807, 2.05) is 68.4 Å². The van der Waals surface area contributed by atoms with Crippen LogP contribution in [0.25, 0.3) is 22.2 Å². The van der Waals surface area contributed by atoms with Crippen LogP contribution in [0.5, 0.6) is 5.75 Å². The summed E-state index contributed by atoms with van der Waals surface area (Å²) < 4.78 is 35.6. The molecule has 1 unspecified atom stereocenters. The maximum absolute atomic E-state index is 12.4. The Balaban J connectivity index is 1.45. The number of hydrogen-bond acceptors (Lipinski definition) is 8. The number of nitrogens with zero attached hydrogens (tertiary/aromatic N) is 2. The Morgan fingerprint density at radius 1 is 0.973 bits per heavy atom. The highest BCUT2D eigenvalue weighted by Gasteiger charge is 2.18. The average Bonchev–Trinajstić information content (AvgIpc) is 2.90. The third-order valence-corrected chi connectivity index (χ3v) is 7.19. The van der Waals surface area contributed by atoms with Crippen molar-refractivity contribution >= 4 is 32.4 Å². The minimum atomic E-state index is -3.98. The minimum Gasteiger partial charge on any atom is -0.489 e. The van der Waals surface area contributed by atoms with Gasteiger partial charge in [0.05, 0.1) is 28.4 Å². The van der Waals surface area contributed by atoms with Crippen LogP contribution in [-0.2, 0) is 14.3 Å². The van der Waals surface area contributed by atoms with Crippen molar-refractivity contribution in [2.75, 3.05) is 44.6 Å². The fraction of sp³-hybridized carbons (Fsp3) is 0.250. The average molecular weight is 522 g/mol. The normalized spacial score (nSPS) is 12.4. The number of ether oxygens (including phenoxy) is 1. The Morgan fingerprint density at radius 3 is 2.43 bits per heavy atom. The highest BCUT2D eigenvalue weighted by atomic mass is 32.2. The van der Waals surface area contributed by atoms with Gasteiger partial charge in [0, 0.05) is 37.8 Å². The molecule has 2 N–H and O–H groups in total. The van der Waals surface area contributed by atoms with Crippen LogP contribution in [0.15, 0.2) is 77.7 Å². The van der Waals surface area contributed by atoms with Gasteiger partial charge < -0.3 is 20.1 Å². The monoisotopic (exact) mass is 521 g/mol. The molecule has 0 amide bonds. The predicted octanol–water partition coefficient (Wildman–Crippen LogP) is 4.46. The zero-order valence-electron chi connectivity index (χ0n) is 21.3. The summed E-state index contributed by atoms with van der Waals surface area (Å²) in [6.07, 6.45) is -1.15. The molecule has 1 atom stereocenters. The molecular weight excluding hydrogens is 490 g/mol. The van der Waals surface area contributed by atoms with Gasteiger partial charge in [-0.1, -0.05) is 29.8 Å². The van der Waals surface area contributed by atoms with E-state index < -0.39 is 22.8 Å². The second-order valence-corrected chi connectivity index (χ2v) is 10.6. The summed E-state index contributed by atoms with van der Waals surface area (Å²) in [4.78, 5) is 6.88. The van der Waals surface area contributed by atoms with Crippen molar-refractivity contribution in [1.82, 2.24) is 4.98 Å². The lowest BCUT2D eigenvalue weighted by Gasteiger charge is -2.16. The molecule has 0 bridgehead atoms. The zero-order chi connectivity index (χ0) is 26.6. The number of pyridine rings is 1. The Kier molecular flexibility index (Phi) is 7.97. The van der Waals surface area contributed by atoms with Gasteiger partial charge in [0.2, 0.25) is 0 Å². The summed E-state index contributed by atoms with van der Waals surface area (Å²) in [6, 6.07) is 22.1. The number of hydrogen-bond donors (Lipinski definition) is 2. The predicted molar refractivity (Wildman–Crippen MR) is 147 cm³/mol. The zero-order valence-corrected chi connectivity index (χ0v) is 22.1. The van der Waals surface area contributed by atoms with Crippen molar-refractivity contribution in [2.24, 2.45) is 0 Å². The third-order valence-electron chi connectivity index (χ3n) is 5.89. The van der Waals surface area contributed by atoms with Crippen LogP contribution in [0.4, 0.5) is 11.4 Å². The standard InChI is InChI=1S/C28H31N3O5S/c1-19-5-10-24(11-6-19)37(33,34)36-18-23(32)17-35-28-16-21(8-13-27(28)29-2)25-12-7-20-15-22(31(3)4)9-14-26(20)30-25/h5-16,23,29,32H,17-18H2,1-4H3. The fourth-order valence-electron chi connectivity index (χ4n) is 3.73. The lowest BCUT2D eigenvalue weighted by molar-refractivity contribution is 0.0651. The van der Waals surface area contributed by atoms with Crippen LogP contribution < -0.4 is 15.0 Å². The van der Waals surface area contributed by atoms with Gasteiger partial charge in [-0.3, -0.25) is 4.18 Å². The van der Waals surface area contributed by atoms with E-state index in [-0.39, 0.29) is 11.5 Å². The lowest BCUT2D eigenvalue weighted by Crippen LogP contribution is -2.25. The van der Waals surface area contributed by atoms with Gasteiger partial charge in [-0.05, 0) is 55.5 Å². The van der Waals surface area contributed by atoms with Gasteiger partial charge in [-0.15, -0.1) is 0 Å². The molecule has 1 aromatic heterocycles. The second-order valence-electron chi connectivity index (χ2n) is 8.95. The van der Waals surface area contributed by atoms with E-state index in [4.69, 9.17) is 13.9 Å². The molecule has 37 heavy (non-hydrogen) atoms. The first-order valence-corrected chi connectivity index (χ1v) is 13.2. The van der Waals surface area contributed by atoms with Crippen molar-refractivity contribution in [3.63, 3.8) is 0 Å². The Bertz CT molecular complexity index is 1490. The molecule has 0 saturated carbocycles. The number of anilines is 2. The van der Waals surface area contributed by atoms with Crippen LogP contribution in [0.2, 0.25) is 0 Å². The lowest BCUT2D eigenvalue weighted by atomic mass is 10.1. The van der Waals surface area contributed by atoms with Gasteiger partial charge in [-0.2, -0.15) is 8.42 Å². The van der Waals surface area contributed by atoms with Crippen molar-refractivity contribution < 1.29 is 22.4 Å². The quantitative estimate of drug-likeness (QED) is 0.295. The molecule has 0 radical (unpaired) electrons. The molecule has 0 fully saturated rings. The molecule has 0 aliphatic carbocycles. The van der Waals surface area contributed by atoms with E-state index in [0.29, 0.717) is 5.75 Å². The minimum absolute atomic E-state index is 0.0391. The topological polar surface area (TPSA) is 101 Å². The van der Waals surface area contributed by atoms with E-state index in [0.717, 1.165) is 39.1 Å². The van der Waals surface area contributed by atoms with Gasteiger partial charge in [0.25, 0.3) is 10.1 Å². The molecule has 4 rings (SSSR count). The summed E-state index contributed by atoms with van der Waals surface area (Å²) in [7, 11) is 1.79. The van der Waals surface area contributed by atoms with Gasteiger partial charge in [0.1, 0.15) is 18.5 Å². The summed E-state index contributed by atoms with van der Waals surface area (Å²) in [5.41, 5.74) is 5.27. The molecule has 9 heteroatoms. The highest BCUT2D eigenvalue weighted by molar-refractivity contribution is 7.86. The van der Waals surface area contributed by atoms with Gasteiger partial charge in [-0.25, -0.2) is 4.98 Å². The van der Waals surface area contributed by atoms with E-state index in [1.165, 1.54) is 12.1 Å². The van der Waals surface area contributed by atoms with Crippen LogP contribution >= 0.6 is 0 Å². The van der Waals surface area contributed by atoms with Crippen LogP contribution in [0, 0.1) is 6.92 Å². The van der Waals surface area contributed by atoms with E-state index >= 15 is 0 Å². The molecule has 8 nitrogen and oxygen atoms in total. The highest BCUT2D eigenvalue weighted by Crippen LogP contribution is 2.31. The van der Waals surface area contributed by atoms with E-state index in [9.17, 15) is 13.5 Å². The van der Waals surface area contributed by atoms with Crippen LogP contribution in [-0.4, -0.2) is 59.0 Å². The number of benzene rings is 3. The molecule has 0 aliphatic heterocycles. The number of rotatable bonds is 10. The molecule has 1 heterocycles. The molecule has 0 saturated heterocycles. The van der Waals surface area contributed by atoms with Crippen molar-refractivity contribution in [3.05, 3.63) is 78.4 Å². The second kappa shape index (κ2) is 11.2. The summed E-state index contributed by atoms with van der Waals surface area (Å²) in [5.74, 6) is 0.505. The Hall–Kier alpha value is -3.66. The number of aliphatic hydroxyl groups is 1. The largest absolute Gasteiger partial charge is 0.489 e. The molecule has 4 aromatic rings. The Labute approximate surface area is 217 Å². The first-order valence-electron chi connectivity index (χ1n) is 11.8. The maximum Gasteiger partial charge on any atom is 0.297 e. The molecule has 194 valence electrons. The Morgan fingerprint density at radius 2 is 1.73 bits per heavy atom. The number of nitrogens with one attached hydrogen (secondary N) is 1. The van der Waals surface area contributed by atoms with Crippen molar-refractivity contribution in [3.8, 4) is 17.0 Å². The molecule has 3 aromatic carbocycles. The number of fused-ring (bicyclic) bond motifs is 1. The fourth-order valence-corrected chi connectivity index (χ4v) is 4.68. The number of aliphatic hydroxyl groups excluding tert-OH is 1. The maximum atomic E-state index is 12.4. The third kappa shape index (κ3) is 6.37. The molecular formula is C28H31N3O5S. The summed E-state index contributed by atoms with van der Waals surface area (Å²) in [6.45, 7) is 1.29. The summed E-state index contributed by atoms with van der Waals surface area (Å²) >= 11 is 0. The first kappa shape index (κ1) is 26.4. The van der Waals surface area contributed by atoms with Gasteiger partial charge >= 0.3 is 0 Å². The van der Waals surface area contributed by atoms with Gasteiger partial charge in [0.15, 0.2) is 0 Å². The SMILES string of the molecule is CNc1ccc(-c2ccc3cc(N(C)C)ccc3n2)cc1OCC(O)COS(=O)(=O)c1ccc(C)cc1. The number of aryl methyl sites for hydroxylation is 1. The van der Waals surface area contributed by atoms with Crippen molar-refractivity contribution in [1.29, 1.82) is 0 Å². The number of aromatic nitrogens is 1. The van der Waals surface area contributed by atoms with Crippen LogP contribution in [0.3, 0.4) is 0 Å². The smallest absolute Gasteiger partial charge is 0.297 e. The van der Waals surface area contributed by atoms with Crippen molar-refractivity contribution in [2.45, 2.75) is 17.9 Å². The molecule has 0 aliphatic rings. The molecule has 0 spiro atoms. The first-order chi connectivity index (χ1) is 17.7. The van der Waals surface area contributed by atoms with E-state index in [1.54, 1.807) is 19.2 Å².